The first-order chi connectivity index (χ1) is 9.60. The molecule has 1 amide bonds. The number of piperidine rings is 1. The van der Waals surface area contributed by atoms with Gasteiger partial charge in [-0.25, -0.2) is 0 Å². The highest BCUT2D eigenvalue weighted by Crippen LogP contribution is 2.43. The fraction of sp³-hybridized carbons (Fsp3) is 0.857. The largest absolute Gasteiger partial charge is 0.481 e. The van der Waals surface area contributed by atoms with Crippen LogP contribution in [0.3, 0.4) is 0 Å². The number of ether oxygens (including phenoxy) is 1. The van der Waals surface area contributed by atoms with Gasteiger partial charge in [0, 0.05) is 6.54 Å². The molecule has 0 atom stereocenters. The van der Waals surface area contributed by atoms with E-state index in [0.717, 1.165) is 45.2 Å². The molecule has 1 aliphatic heterocycles. The average molecular weight is 284 g/mol. The van der Waals surface area contributed by atoms with Gasteiger partial charge < -0.3 is 20.5 Å². The average Bonchev–Trinajstić information content (AvgIpc) is 2.40. The number of carbonyl (C=O) groups is 2. The zero-order valence-electron chi connectivity index (χ0n) is 11.8. The van der Waals surface area contributed by atoms with Gasteiger partial charge in [-0.05, 0) is 44.2 Å². The van der Waals surface area contributed by atoms with E-state index < -0.39 is 5.97 Å². The van der Waals surface area contributed by atoms with E-state index in [9.17, 15) is 9.59 Å². The molecule has 1 aliphatic carbocycles. The number of carboxylic acids is 1. The van der Waals surface area contributed by atoms with Crippen molar-refractivity contribution in [1.82, 2.24) is 10.6 Å². The Bertz CT molecular complexity index is 349. The number of nitrogens with one attached hydrogen (secondary N) is 2. The summed E-state index contributed by atoms with van der Waals surface area (Å²) in [4.78, 5) is 22.6. The maximum absolute atomic E-state index is 11.8. The molecule has 2 aliphatic rings. The van der Waals surface area contributed by atoms with Gasteiger partial charge in [0.15, 0.2) is 0 Å². The molecule has 1 heterocycles. The molecule has 2 fully saturated rings. The molecule has 3 N–H and O–H groups in total. The van der Waals surface area contributed by atoms with Crippen LogP contribution in [0.4, 0.5) is 0 Å². The fourth-order valence-electron chi connectivity index (χ4n) is 2.91. The fourth-order valence-corrected chi connectivity index (χ4v) is 2.91. The lowest BCUT2D eigenvalue weighted by atomic mass is 9.66. The summed E-state index contributed by atoms with van der Waals surface area (Å²) in [7, 11) is 0. The van der Waals surface area contributed by atoms with Crippen molar-refractivity contribution in [3.05, 3.63) is 0 Å². The predicted molar refractivity (Wildman–Crippen MR) is 73.4 cm³/mol. The van der Waals surface area contributed by atoms with Crippen molar-refractivity contribution in [2.24, 2.45) is 5.41 Å². The van der Waals surface area contributed by atoms with Crippen molar-refractivity contribution < 1.29 is 19.4 Å². The van der Waals surface area contributed by atoms with Crippen LogP contribution in [0, 0.1) is 5.41 Å². The number of aliphatic carboxylic acids is 1. The summed E-state index contributed by atoms with van der Waals surface area (Å²) >= 11 is 0. The molecular weight excluding hydrogens is 260 g/mol. The molecule has 0 aromatic carbocycles. The Morgan fingerprint density at radius 1 is 1.30 bits per heavy atom. The highest BCUT2D eigenvalue weighted by Gasteiger charge is 2.39. The van der Waals surface area contributed by atoms with Gasteiger partial charge in [-0.15, -0.1) is 0 Å². The first-order valence-electron chi connectivity index (χ1n) is 7.40. The van der Waals surface area contributed by atoms with E-state index in [0.29, 0.717) is 6.54 Å². The van der Waals surface area contributed by atoms with Crippen LogP contribution in [-0.2, 0) is 14.3 Å². The van der Waals surface area contributed by atoms with Crippen LogP contribution < -0.4 is 10.6 Å². The van der Waals surface area contributed by atoms with Crippen LogP contribution in [0.5, 0.6) is 0 Å². The van der Waals surface area contributed by atoms with Crippen molar-refractivity contribution in [2.45, 2.75) is 44.6 Å². The van der Waals surface area contributed by atoms with E-state index >= 15 is 0 Å². The van der Waals surface area contributed by atoms with Crippen LogP contribution in [0.25, 0.3) is 0 Å². The van der Waals surface area contributed by atoms with Crippen LogP contribution in [0.2, 0.25) is 0 Å². The predicted octanol–water partition coefficient (Wildman–Crippen LogP) is 0.516. The summed E-state index contributed by atoms with van der Waals surface area (Å²) in [6.45, 7) is 2.41. The standard InChI is InChI=1S/C14H24N2O4/c17-12(9-20-11-2-6-15-7-3-11)16-10-14(4-1-5-14)8-13(18)19/h11,15H,1-10H2,(H,16,17)(H,18,19). The van der Waals surface area contributed by atoms with Crippen molar-refractivity contribution in [3.63, 3.8) is 0 Å². The SMILES string of the molecule is O=C(O)CC1(CNC(=O)COC2CCNCC2)CCC1. The Hall–Kier alpha value is -1.14. The van der Waals surface area contributed by atoms with Crippen molar-refractivity contribution in [1.29, 1.82) is 0 Å². The van der Waals surface area contributed by atoms with Gasteiger partial charge in [0.25, 0.3) is 0 Å². The molecule has 2 rings (SSSR count). The molecule has 114 valence electrons. The lowest BCUT2D eigenvalue weighted by Gasteiger charge is -2.40. The molecule has 0 radical (unpaired) electrons. The minimum atomic E-state index is -0.787. The number of hydrogen-bond acceptors (Lipinski definition) is 4. The van der Waals surface area contributed by atoms with E-state index in [1.54, 1.807) is 0 Å². The summed E-state index contributed by atoms with van der Waals surface area (Å²) < 4.78 is 5.57. The minimum absolute atomic E-state index is 0.0772. The third kappa shape index (κ3) is 4.45. The van der Waals surface area contributed by atoms with Crippen LogP contribution >= 0.6 is 0 Å². The Labute approximate surface area is 119 Å². The second kappa shape index (κ2) is 7.04. The van der Waals surface area contributed by atoms with Crippen molar-refractivity contribution >= 4 is 11.9 Å². The molecule has 0 aromatic rings. The molecule has 0 bridgehead atoms. The second-order valence-electron chi connectivity index (χ2n) is 5.96. The first kappa shape index (κ1) is 15.3. The van der Waals surface area contributed by atoms with Gasteiger partial charge in [0.05, 0.1) is 12.5 Å². The lowest BCUT2D eigenvalue weighted by molar-refractivity contribution is -0.142. The summed E-state index contributed by atoms with van der Waals surface area (Å²) in [6.07, 6.45) is 5.01. The second-order valence-corrected chi connectivity index (χ2v) is 5.96. The molecule has 0 unspecified atom stereocenters. The number of amides is 1. The monoisotopic (exact) mass is 284 g/mol. The molecule has 6 heteroatoms. The highest BCUT2D eigenvalue weighted by atomic mass is 16.5. The number of carboxylic acid groups (broad SMARTS) is 1. The van der Waals surface area contributed by atoms with Gasteiger partial charge in [-0.2, -0.15) is 0 Å². The number of hydrogen-bond donors (Lipinski definition) is 3. The van der Waals surface area contributed by atoms with Crippen LogP contribution in [0.15, 0.2) is 0 Å². The van der Waals surface area contributed by atoms with Crippen LogP contribution in [-0.4, -0.2) is 49.3 Å². The van der Waals surface area contributed by atoms with E-state index in [1.807, 2.05) is 0 Å². The van der Waals surface area contributed by atoms with Crippen molar-refractivity contribution in [3.8, 4) is 0 Å². The Balaban J connectivity index is 1.65. The topological polar surface area (TPSA) is 87.7 Å². The van der Waals surface area contributed by atoms with Crippen LogP contribution in [0.1, 0.15) is 38.5 Å². The minimum Gasteiger partial charge on any atom is -0.481 e. The molecule has 1 saturated heterocycles. The zero-order valence-corrected chi connectivity index (χ0v) is 11.8. The Kier molecular flexibility index (Phi) is 5.37. The zero-order chi connectivity index (χ0) is 14.4. The smallest absolute Gasteiger partial charge is 0.303 e. The molecule has 1 saturated carbocycles. The van der Waals surface area contributed by atoms with Gasteiger partial charge in [-0.3, -0.25) is 9.59 Å². The molecular formula is C14H24N2O4. The summed E-state index contributed by atoms with van der Waals surface area (Å²) in [5.74, 6) is -0.926. The highest BCUT2D eigenvalue weighted by molar-refractivity contribution is 5.77. The summed E-state index contributed by atoms with van der Waals surface area (Å²) in [6, 6.07) is 0. The first-order valence-corrected chi connectivity index (χ1v) is 7.40. The maximum atomic E-state index is 11.8. The number of rotatable bonds is 7. The molecule has 0 aromatic heterocycles. The molecule has 20 heavy (non-hydrogen) atoms. The van der Waals surface area contributed by atoms with E-state index in [4.69, 9.17) is 9.84 Å². The van der Waals surface area contributed by atoms with Gasteiger partial charge >= 0.3 is 5.97 Å². The summed E-state index contributed by atoms with van der Waals surface area (Å²) in [5, 5.41) is 15.0. The maximum Gasteiger partial charge on any atom is 0.303 e. The Morgan fingerprint density at radius 2 is 2.00 bits per heavy atom. The van der Waals surface area contributed by atoms with E-state index in [2.05, 4.69) is 10.6 Å². The number of carbonyl (C=O) groups excluding carboxylic acids is 1. The molecule has 6 nitrogen and oxygen atoms in total. The Morgan fingerprint density at radius 3 is 2.55 bits per heavy atom. The van der Waals surface area contributed by atoms with Gasteiger partial charge in [0.2, 0.25) is 5.91 Å². The molecule has 0 spiro atoms. The summed E-state index contributed by atoms with van der Waals surface area (Å²) in [5.41, 5.74) is -0.226. The van der Waals surface area contributed by atoms with E-state index in [1.165, 1.54) is 0 Å². The third-order valence-electron chi connectivity index (χ3n) is 4.34. The van der Waals surface area contributed by atoms with E-state index in [-0.39, 0.29) is 30.5 Å². The quantitative estimate of drug-likeness (QED) is 0.634. The van der Waals surface area contributed by atoms with Gasteiger partial charge in [0.1, 0.15) is 6.61 Å². The van der Waals surface area contributed by atoms with Gasteiger partial charge in [-0.1, -0.05) is 6.42 Å². The lowest BCUT2D eigenvalue weighted by Crippen LogP contribution is -2.45. The van der Waals surface area contributed by atoms with Crippen molar-refractivity contribution in [2.75, 3.05) is 26.2 Å². The normalized spacial score (nSPS) is 22.0. The third-order valence-corrected chi connectivity index (χ3v) is 4.34.